The van der Waals surface area contributed by atoms with Crippen LogP contribution < -0.4 is 4.90 Å². The van der Waals surface area contributed by atoms with E-state index in [0.717, 1.165) is 18.8 Å². The van der Waals surface area contributed by atoms with Crippen molar-refractivity contribution in [2.45, 2.75) is 37.3 Å². The molecular weight excluding hydrogens is 288 g/mol. The van der Waals surface area contributed by atoms with Crippen LogP contribution in [0.1, 0.15) is 18.7 Å². The molecule has 4 nitrogen and oxygen atoms in total. The van der Waals surface area contributed by atoms with Crippen LogP contribution in [0.3, 0.4) is 0 Å². The zero-order valence-electron chi connectivity index (χ0n) is 10.7. The minimum Gasteiger partial charge on any atom is -0.374 e. The SMILES string of the molecule is FC1(F)CC1Cc1nc(Cl)cc(N2C[C@@H]3C[C@H]2CO3)n1. The average Bonchev–Trinajstić information content (AvgIpc) is 2.82. The Morgan fingerprint density at radius 2 is 2.25 bits per heavy atom. The summed E-state index contributed by atoms with van der Waals surface area (Å²) in [6, 6.07) is 2.03. The summed E-state index contributed by atoms with van der Waals surface area (Å²) in [4.78, 5) is 10.6. The van der Waals surface area contributed by atoms with Crippen molar-refractivity contribution < 1.29 is 13.5 Å². The number of morpholine rings is 1. The number of fused-ring (bicyclic) bond motifs is 2. The Hall–Kier alpha value is -1.01. The molecule has 0 N–H and O–H groups in total. The summed E-state index contributed by atoms with van der Waals surface area (Å²) in [6.07, 6.45) is 1.38. The second kappa shape index (κ2) is 4.24. The molecule has 20 heavy (non-hydrogen) atoms. The molecule has 0 amide bonds. The van der Waals surface area contributed by atoms with E-state index < -0.39 is 11.8 Å². The summed E-state index contributed by atoms with van der Waals surface area (Å²) in [6.45, 7) is 1.49. The maximum Gasteiger partial charge on any atom is 0.252 e. The Labute approximate surface area is 120 Å². The van der Waals surface area contributed by atoms with Gasteiger partial charge in [-0.05, 0) is 6.42 Å². The third-order valence-electron chi connectivity index (χ3n) is 4.31. The van der Waals surface area contributed by atoms with E-state index in [9.17, 15) is 8.78 Å². The number of halogens is 3. The Kier molecular flexibility index (Phi) is 2.70. The fraction of sp³-hybridized carbons (Fsp3) is 0.692. The second-order valence-electron chi connectivity index (χ2n) is 5.83. The van der Waals surface area contributed by atoms with Crippen LogP contribution in [-0.4, -0.2) is 41.2 Å². The monoisotopic (exact) mass is 301 g/mol. The lowest BCUT2D eigenvalue weighted by Crippen LogP contribution is -2.37. The fourth-order valence-corrected chi connectivity index (χ4v) is 3.28. The van der Waals surface area contributed by atoms with Crippen LogP contribution in [0.2, 0.25) is 5.15 Å². The second-order valence-corrected chi connectivity index (χ2v) is 6.22. The first-order valence-electron chi connectivity index (χ1n) is 6.81. The Morgan fingerprint density at radius 3 is 2.85 bits per heavy atom. The van der Waals surface area contributed by atoms with Crippen molar-refractivity contribution in [2.75, 3.05) is 18.1 Å². The van der Waals surface area contributed by atoms with Gasteiger partial charge in [0.15, 0.2) is 0 Å². The standard InChI is InChI=1S/C13H14ClF2N3O/c14-10-3-12(19-5-9-2-8(19)6-20-9)18-11(17-10)1-7-4-13(7,15)16/h3,7-9H,1-2,4-6H2/t7?,8-,9-/m0/s1. The molecule has 3 aliphatic rings. The topological polar surface area (TPSA) is 38.2 Å². The van der Waals surface area contributed by atoms with Crippen LogP contribution >= 0.6 is 11.6 Å². The smallest absolute Gasteiger partial charge is 0.252 e. The minimum atomic E-state index is -2.55. The van der Waals surface area contributed by atoms with E-state index in [1.54, 1.807) is 6.07 Å². The quantitative estimate of drug-likeness (QED) is 0.803. The highest BCUT2D eigenvalue weighted by molar-refractivity contribution is 6.29. The van der Waals surface area contributed by atoms with E-state index >= 15 is 0 Å². The van der Waals surface area contributed by atoms with Gasteiger partial charge in [0.1, 0.15) is 16.8 Å². The van der Waals surface area contributed by atoms with Crippen LogP contribution in [-0.2, 0) is 11.2 Å². The Morgan fingerprint density at radius 1 is 1.45 bits per heavy atom. The van der Waals surface area contributed by atoms with E-state index in [0.29, 0.717) is 23.6 Å². The summed E-state index contributed by atoms with van der Waals surface area (Å²) in [5, 5.41) is 0.317. The summed E-state index contributed by atoms with van der Waals surface area (Å²) >= 11 is 6.01. The average molecular weight is 302 g/mol. The molecule has 3 fully saturated rings. The first-order valence-corrected chi connectivity index (χ1v) is 7.18. The lowest BCUT2D eigenvalue weighted by atomic mass is 10.2. The Bertz CT molecular complexity index is 556. The lowest BCUT2D eigenvalue weighted by Gasteiger charge is -2.28. The predicted molar refractivity (Wildman–Crippen MR) is 69.3 cm³/mol. The number of nitrogens with zero attached hydrogens (tertiary/aromatic N) is 3. The summed E-state index contributed by atoms with van der Waals surface area (Å²) in [5.74, 6) is -2.03. The van der Waals surface area contributed by atoms with Gasteiger partial charge in [0.25, 0.3) is 5.92 Å². The molecule has 1 saturated carbocycles. The van der Waals surface area contributed by atoms with E-state index in [1.807, 2.05) is 0 Å². The number of ether oxygens (including phenoxy) is 1. The van der Waals surface area contributed by atoms with Gasteiger partial charge in [-0.25, -0.2) is 18.7 Å². The van der Waals surface area contributed by atoms with Crippen molar-refractivity contribution in [2.24, 2.45) is 5.92 Å². The molecule has 3 atom stereocenters. The molecule has 2 bridgehead atoms. The molecule has 2 saturated heterocycles. The first kappa shape index (κ1) is 12.7. The Balaban J connectivity index is 1.56. The van der Waals surface area contributed by atoms with Crippen molar-refractivity contribution in [1.82, 2.24) is 9.97 Å². The van der Waals surface area contributed by atoms with Crippen molar-refractivity contribution in [3.63, 3.8) is 0 Å². The zero-order valence-corrected chi connectivity index (χ0v) is 11.5. The maximum absolute atomic E-state index is 13.0. The molecule has 0 aromatic carbocycles. The lowest BCUT2D eigenvalue weighted by molar-refractivity contribution is 0.0983. The van der Waals surface area contributed by atoms with Crippen LogP contribution in [0, 0.1) is 5.92 Å². The van der Waals surface area contributed by atoms with E-state index in [1.165, 1.54) is 0 Å². The number of hydrogen-bond donors (Lipinski definition) is 0. The number of rotatable bonds is 3. The van der Waals surface area contributed by atoms with Crippen molar-refractivity contribution >= 4 is 17.4 Å². The zero-order chi connectivity index (χ0) is 13.9. The highest BCUT2D eigenvalue weighted by Gasteiger charge is 2.56. The molecule has 1 aromatic rings. The van der Waals surface area contributed by atoms with Gasteiger partial charge in [0.05, 0.1) is 18.8 Å². The first-order chi connectivity index (χ1) is 9.51. The largest absolute Gasteiger partial charge is 0.374 e. The van der Waals surface area contributed by atoms with Crippen molar-refractivity contribution in [1.29, 1.82) is 0 Å². The van der Waals surface area contributed by atoms with Crippen LogP contribution in [0.4, 0.5) is 14.6 Å². The van der Waals surface area contributed by atoms with Crippen molar-refractivity contribution in [3.05, 3.63) is 17.0 Å². The van der Waals surface area contributed by atoms with Gasteiger partial charge in [0.2, 0.25) is 0 Å². The molecule has 0 radical (unpaired) electrons. The normalized spacial score (nSPS) is 33.8. The van der Waals surface area contributed by atoms with Gasteiger partial charge >= 0.3 is 0 Å². The molecule has 3 heterocycles. The van der Waals surface area contributed by atoms with Gasteiger partial charge < -0.3 is 9.64 Å². The van der Waals surface area contributed by atoms with Gasteiger partial charge in [-0.15, -0.1) is 0 Å². The van der Waals surface area contributed by atoms with E-state index in [-0.39, 0.29) is 18.9 Å². The van der Waals surface area contributed by atoms with Crippen LogP contribution in [0.5, 0.6) is 0 Å². The fourth-order valence-electron chi connectivity index (χ4n) is 3.08. The summed E-state index contributed by atoms with van der Waals surface area (Å²) in [7, 11) is 0. The van der Waals surface area contributed by atoms with E-state index in [4.69, 9.17) is 16.3 Å². The molecule has 4 rings (SSSR count). The summed E-state index contributed by atoms with van der Waals surface area (Å²) in [5.41, 5.74) is 0. The highest BCUT2D eigenvalue weighted by atomic mass is 35.5. The van der Waals surface area contributed by atoms with Gasteiger partial charge in [-0.2, -0.15) is 0 Å². The molecule has 1 aromatic heterocycles. The number of anilines is 1. The number of aromatic nitrogens is 2. The van der Waals surface area contributed by atoms with Crippen LogP contribution in [0.25, 0.3) is 0 Å². The van der Waals surface area contributed by atoms with E-state index in [2.05, 4.69) is 14.9 Å². The van der Waals surface area contributed by atoms with Crippen molar-refractivity contribution in [3.8, 4) is 0 Å². The molecule has 108 valence electrons. The number of hydrogen-bond acceptors (Lipinski definition) is 4. The number of alkyl halides is 2. The molecule has 2 aliphatic heterocycles. The highest BCUT2D eigenvalue weighted by Crippen LogP contribution is 2.50. The molecular formula is C13H14ClF2N3O. The molecule has 7 heteroatoms. The van der Waals surface area contributed by atoms with Gasteiger partial charge in [-0.3, -0.25) is 0 Å². The van der Waals surface area contributed by atoms with Gasteiger partial charge in [-0.1, -0.05) is 11.6 Å². The predicted octanol–water partition coefficient (Wildman–Crippen LogP) is 2.31. The maximum atomic E-state index is 13.0. The van der Waals surface area contributed by atoms with Crippen LogP contribution in [0.15, 0.2) is 6.07 Å². The van der Waals surface area contributed by atoms with Gasteiger partial charge in [0, 0.05) is 31.4 Å². The third kappa shape index (κ3) is 2.15. The third-order valence-corrected chi connectivity index (χ3v) is 4.50. The minimum absolute atomic E-state index is 0.0690. The molecule has 1 aliphatic carbocycles. The molecule has 0 spiro atoms. The molecule has 1 unspecified atom stereocenters. The summed E-state index contributed by atoms with van der Waals surface area (Å²) < 4.78 is 31.5.